The molecule has 1 aromatic rings. The van der Waals surface area contributed by atoms with Crippen molar-refractivity contribution in [1.82, 2.24) is 0 Å². The van der Waals surface area contributed by atoms with Crippen molar-refractivity contribution in [2.45, 2.75) is 26.0 Å². The molecule has 0 saturated carbocycles. The first-order valence-electron chi connectivity index (χ1n) is 5.16. The summed E-state index contributed by atoms with van der Waals surface area (Å²) in [6.45, 7) is 1.88. The SMILES string of the molecule is Cc1ccc([N+](=O)[O-])c(C)c1COS(=O)(=O)C(F)(F)F. The molecule has 0 amide bonds. The summed E-state index contributed by atoms with van der Waals surface area (Å²) in [5, 5.41) is 10.7. The number of halogens is 3. The van der Waals surface area contributed by atoms with Crippen LogP contribution in [0.5, 0.6) is 0 Å². The molecule has 0 atom stereocenters. The molecule has 0 unspecified atom stereocenters. The van der Waals surface area contributed by atoms with E-state index in [1.54, 1.807) is 0 Å². The van der Waals surface area contributed by atoms with E-state index in [2.05, 4.69) is 4.18 Å². The van der Waals surface area contributed by atoms with Crippen LogP contribution in [-0.4, -0.2) is 18.8 Å². The molecule has 0 spiro atoms. The van der Waals surface area contributed by atoms with E-state index >= 15 is 0 Å². The molecular formula is C10H10F3NO5S. The minimum Gasteiger partial charge on any atom is -0.258 e. The Labute approximate surface area is 112 Å². The fraction of sp³-hybridized carbons (Fsp3) is 0.400. The predicted octanol–water partition coefficient (Wildman–Crippen LogP) is 2.58. The van der Waals surface area contributed by atoms with Crippen LogP contribution in [-0.2, 0) is 20.9 Å². The van der Waals surface area contributed by atoms with Crippen LogP contribution in [0.4, 0.5) is 18.9 Å². The highest BCUT2D eigenvalue weighted by Crippen LogP contribution is 2.29. The first-order chi connectivity index (χ1) is 8.97. The molecule has 0 aliphatic carbocycles. The van der Waals surface area contributed by atoms with Crippen molar-refractivity contribution >= 4 is 15.8 Å². The summed E-state index contributed by atoms with van der Waals surface area (Å²) < 4.78 is 61.8. The highest BCUT2D eigenvalue weighted by atomic mass is 32.2. The zero-order valence-corrected chi connectivity index (χ0v) is 11.2. The molecule has 0 aromatic heterocycles. The number of nitro groups is 1. The monoisotopic (exact) mass is 313 g/mol. The lowest BCUT2D eigenvalue weighted by Crippen LogP contribution is -2.25. The standard InChI is InChI=1S/C10H10F3NO5S/c1-6-3-4-9(14(15)16)7(2)8(6)5-19-20(17,18)10(11,12)13/h3-4H,5H2,1-2H3. The molecule has 20 heavy (non-hydrogen) atoms. The molecule has 0 N–H and O–H groups in total. The Morgan fingerprint density at radius 3 is 2.30 bits per heavy atom. The van der Waals surface area contributed by atoms with Gasteiger partial charge in [-0.2, -0.15) is 21.6 Å². The first-order valence-corrected chi connectivity index (χ1v) is 6.57. The molecule has 1 rings (SSSR count). The van der Waals surface area contributed by atoms with E-state index in [1.807, 2.05) is 0 Å². The third-order valence-electron chi connectivity index (χ3n) is 2.64. The van der Waals surface area contributed by atoms with Crippen LogP contribution in [0, 0.1) is 24.0 Å². The van der Waals surface area contributed by atoms with Crippen LogP contribution in [0.3, 0.4) is 0 Å². The number of alkyl halides is 3. The fourth-order valence-electron chi connectivity index (χ4n) is 1.50. The maximum Gasteiger partial charge on any atom is 0.523 e. The van der Waals surface area contributed by atoms with Crippen molar-refractivity contribution in [1.29, 1.82) is 0 Å². The van der Waals surface area contributed by atoms with Crippen molar-refractivity contribution in [2.24, 2.45) is 0 Å². The molecule has 0 saturated heterocycles. The van der Waals surface area contributed by atoms with Gasteiger partial charge >= 0.3 is 15.6 Å². The Balaban J connectivity index is 3.12. The third-order valence-corrected chi connectivity index (χ3v) is 3.64. The summed E-state index contributed by atoms with van der Waals surface area (Å²) in [7, 11) is -5.73. The number of benzene rings is 1. The maximum absolute atomic E-state index is 12.1. The normalized spacial score (nSPS) is 12.4. The van der Waals surface area contributed by atoms with Crippen LogP contribution in [0.15, 0.2) is 12.1 Å². The fourth-order valence-corrected chi connectivity index (χ4v) is 1.91. The van der Waals surface area contributed by atoms with Crippen LogP contribution >= 0.6 is 0 Å². The van der Waals surface area contributed by atoms with Crippen LogP contribution in [0.25, 0.3) is 0 Å². The summed E-state index contributed by atoms with van der Waals surface area (Å²) in [5.74, 6) is 0. The Morgan fingerprint density at radius 2 is 1.85 bits per heavy atom. The minimum absolute atomic E-state index is 0.0343. The average Bonchev–Trinajstić information content (AvgIpc) is 2.26. The predicted molar refractivity (Wildman–Crippen MR) is 62.3 cm³/mol. The van der Waals surface area contributed by atoms with E-state index in [0.29, 0.717) is 5.56 Å². The highest BCUT2D eigenvalue weighted by Gasteiger charge is 2.47. The molecule has 0 fully saturated rings. The molecule has 0 radical (unpaired) electrons. The molecule has 6 nitrogen and oxygen atoms in total. The number of nitrogens with zero attached hydrogens (tertiary/aromatic N) is 1. The van der Waals surface area contributed by atoms with Gasteiger partial charge in [-0.25, -0.2) is 0 Å². The number of rotatable bonds is 4. The zero-order valence-electron chi connectivity index (χ0n) is 10.4. The molecule has 0 bridgehead atoms. The van der Waals surface area contributed by atoms with Gasteiger partial charge in [-0.3, -0.25) is 14.3 Å². The quantitative estimate of drug-likeness (QED) is 0.369. The van der Waals surface area contributed by atoms with E-state index in [0.717, 1.165) is 0 Å². The molecule has 112 valence electrons. The second kappa shape index (κ2) is 5.37. The molecule has 0 aliphatic rings. The minimum atomic E-state index is -5.73. The number of nitro benzene ring substituents is 1. The van der Waals surface area contributed by atoms with Crippen LogP contribution in [0.2, 0.25) is 0 Å². The first kappa shape index (κ1) is 16.4. The molecule has 10 heteroatoms. The van der Waals surface area contributed by atoms with Crippen molar-refractivity contribution < 1.29 is 30.7 Å². The van der Waals surface area contributed by atoms with Gasteiger partial charge in [-0.05, 0) is 25.0 Å². The van der Waals surface area contributed by atoms with E-state index in [9.17, 15) is 31.7 Å². The van der Waals surface area contributed by atoms with Crippen molar-refractivity contribution in [3.8, 4) is 0 Å². The van der Waals surface area contributed by atoms with Gasteiger partial charge in [0.2, 0.25) is 0 Å². The van der Waals surface area contributed by atoms with Gasteiger partial charge in [0.1, 0.15) is 0 Å². The van der Waals surface area contributed by atoms with Gasteiger partial charge in [0.25, 0.3) is 5.69 Å². The third kappa shape index (κ3) is 3.25. The molecular weight excluding hydrogens is 303 g/mol. The Bertz CT molecular complexity index is 639. The van der Waals surface area contributed by atoms with Gasteiger partial charge in [0, 0.05) is 11.6 Å². The van der Waals surface area contributed by atoms with E-state index < -0.39 is 27.2 Å². The summed E-state index contributed by atoms with van der Waals surface area (Å²) in [6.07, 6.45) is 0. The second-order valence-corrected chi connectivity index (χ2v) is 5.53. The molecule has 0 aliphatic heterocycles. The lowest BCUT2D eigenvalue weighted by atomic mass is 10.0. The number of hydrogen-bond donors (Lipinski definition) is 0. The summed E-state index contributed by atoms with van der Waals surface area (Å²) in [6, 6.07) is 2.50. The lowest BCUT2D eigenvalue weighted by Gasteiger charge is -2.12. The Morgan fingerprint density at radius 1 is 1.30 bits per heavy atom. The van der Waals surface area contributed by atoms with E-state index in [-0.39, 0.29) is 16.8 Å². The van der Waals surface area contributed by atoms with Gasteiger partial charge in [0.05, 0.1) is 11.5 Å². The number of hydrogen-bond acceptors (Lipinski definition) is 5. The van der Waals surface area contributed by atoms with Crippen molar-refractivity contribution in [3.05, 3.63) is 38.9 Å². The maximum atomic E-state index is 12.1. The molecule has 0 heterocycles. The molecule has 1 aromatic carbocycles. The van der Waals surface area contributed by atoms with Crippen molar-refractivity contribution in [3.63, 3.8) is 0 Å². The smallest absolute Gasteiger partial charge is 0.258 e. The summed E-state index contributed by atoms with van der Waals surface area (Å²) in [4.78, 5) is 10.0. The number of aryl methyl sites for hydroxylation is 1. The highest BCUT2D eigenvalue weighted by molar-refractivity contribution is 7.87. The second-order valence-electron chi connectivity index (χ2n) is 3.92. The zero-order chi connectivity index (χ0) is 15.7. The largest absolute Gasteiger partial charge is 0.523 e. The van der Waals surface area contributed by atoms with Gasteiger partial charge in [-0.1, -0.05) is 6.07 Å². The lowest BCUT2D eigenvalue weighted by molar-refractivity contribution is -0.385. The Hall–Kier alpha value is -1.68. The average molecular weight is 313 g/mol. The summed E-state index contributed by atoms with van der Waals surface area (Å²) in [5.41, 5.74) is -5.36. The van der Waals surface area contributed by atoms with Gasteiger partial charge < -0.3 is 0 Å². The Kier molecular flexibility index (Phi) is 4.39. The van der Waals surface area contributed by atoms with E-state index in [1.165, 1.54) is 26.0 Å². The van der Waals surface area contributed by atoms with Gasteiger partial charge in [0.15, 0.2) is 0 Å². The van der Waals surface area contributed by atoms with Crippen LogP contribution in [0.1, 0.15) is 16.7 Å². The topological polar surface area (TPSA) is 86.5 Å². The summed E-state index contributed by atoms with van der Waals surface area (Å²) >= 11 is 0. The van der Waals surface area contributed by atoms with Crippen molar-refractivity contribution in [2.75, 3.05) is 0 Å². The van der Waals surface area contributed by atoms with E-state index in [4.69, 9.17) is 0 Å². The van der Waals surface area contributed by atoms with Gasteiger partial charge in [-0.15, -0.1) is 0 Å². The van der Waals surface area contributed by atoms with Crippen LogP contribution < -0.4 is 0 Å².